The molecule has 0 atom stereocenters. The normalized spacial score (nSPS) is 15.3. The number of amides is 1. The molecule has 0 radical (unpaired) electrons. The van der Waals surface area contributed by atoms with Crippen LogP contribution in [0.5, 0.6) is 5.88 Å². The molecule has 0 saturated carbocycles. The van der Waals surface area contributed by atoms with E-state index >= 15 is 0 Å². The van der Waals surface area contributed by atoms with E-state index in [9.17, 15) is 9.18 Å². The van der Waals surface area contributed by atoms with Crippen LogP contribution in [-0.2, 0) is 6.42 Å². The molecule has 1 fully saturated rings. The van der Waals surface area contributed by atoms with Crippen LogP contribution in [0, 0.1) is 11.7 Å². The Balaban J connectivity index is 1.58. The number of ether oxygens (including phenoxy) is 1. The zero-order valence-corrected chi connectivity index (χ0v) is 13.7. The van der Waals surface area contributed by atoms with Gasteiger partial charge in [-0.05, 0) is 42.9 Å². The van der Waals surface area contributed by atoms with Gasteiger partial charge in [0.05, 0.1) is 7.11 Å². The van der Waals surface area contributed by atoms with Crippen molar-refractivity contribution in [2.45, 2.75) is 19.3 Å². The molecule has 24 heavy (non-hydrogen) atoms. The molecule has 0 bridgehead atoms. The summed E-state index contributed by atoms with van der Waals surface area (Å²) >= 11 is 0. The summed E-state index contributed by atoms with van der Waals surface area (Å²) in [6, 6.07) is 10.3. The molecular formula is C19H21FN2O2. The number of nitrogens with zero attached hydrogens (tertiary/aromatic N) is 2. The Kier molecular flexibility index (Phi) is 5.08. The molecule has 2 aromatic rings. The van der Waals surface area contributed by atoms with Gasteiger partial charge in [0.2, 0.25) is 5.88 Å². The third kappa shape index (κ3) is 3.72. The van der Waals surface area contributed by atoms with Crippen LogP contribution in [-0.4, -0.2) is 36.0 Å². The second-order valence-corrected chi connectivity index (χ2v) is 6.12. The van der Waals surface area contributed by atoms with Crippen LogP contribution in [0.2, 0.25) is 0 Å². The van der Waals surface area contributed by atoms with Crippen LogP contribution >= 0.6 is 0 Å². The maximum absolute atomic E-state index is 13.8. The van der Waals surface area contributed by atoms with Crippen LogP contribution in [0.4, 0.5) is 4.39 Å². The van der Waals surface area contributed by atoms with E-state index < -0.39 is 0 Å². The molecule has 5 heteroatoms. The molecule has 1 aromatic heterocycles. The number of likely N-dealkylation sites (tertiary alicyclic amines) is 1. The number of rotatable bonds is 4. The van der Waals surface area contributed by atoms with Crippen LogP contribution in [0.25, 0.3) is 0 Å². The number of carbonyl (C=O) groups is 1. The number of methoxy groups -OCH3 is 1. The van der Waals surface area contributed by atoms with Gasteiger partial charge in [-0.3, -0.25) is 4.79 Å². The molecule has 1 aliphatic heterocycles. The lowest BCUT2D eigenvalue weighted by Gasteiger charge is -2.32. The Bertz CT molecular complexity index is 712. The lowest BCUT2D eigenvalue weighted by atomic mass is 9.90. The van der Waals surface area contributed by atoms with Crippen molar-refractivity contribution in [1.82, 2.24) is 9.88 Å². The minimum atomic E-state index is -0.139. The minimum absolute atomic E-state index is 0.0000386. The fourth-order valence-corrected chi connectivity index (χ4v) is 3.15. The van der Waals surface area contributed by atoms with Crippen LogP contribution < -0.4 is 4.74 Å². The molecular weight excluding hydrogens is 307 g/mol. The van der Waals surface area contributed by atoms with E-state index in [4.69, 9.17) is 4.74 Å². The molecule has 2 heterocycles. The van der Waals surface area contributed by atoms with Crippen LogP contribution in [0.15, 0.2) is 42.6 Å². The van der Waals surface area contributed by atoms with Crippen molar-refractivity contribution >= 4 is 5.91 Å². The van der Waals surface area contributed by atoms with E-state index in [1.807, 2.05) is 17.0 Å². The maximum atomic E-state index is 13.8. The first kappa shape index (κ1) is 16.4. The number of piperidine rings is 1. The predicted octanol–water partition coefficient (Wildman–Crippen LogP) is 3.32. The number of hydrogen-bond donors (Lipinski definition) is 0. The van der Waals surface area contributed by atoms with Crippen molar-refractivity contribution in [1.29, 1.82) is 0 Å². The SMILES string of the molecule is COc1cc(C(=O)N2CCC(Cc3ccccc3F)CC2)ccn1. The van der Waals surface area contributed by atoms with Crippen molar-refractivity contribution in [3.63, 3.8) is 0 Å². The predicted molar refractivity (Wildman–Crippen MR) is 89.5 cm³/mol. The van der Waals surface area contributed by atoms with Gasteiger partial charge in [-0.15, -0.1) is 0 Å². The minimum Gasteiger partial charge on any atom is -0.481 e. The van der Waals surface area contributed by atoms with Crippen molar-refractivity contribution in [3.8, 4) is 5.88 Å². The Hall–Kier alpha value is -2.43. The largest absolute Gasteiger partial charge is 0.481 e. The van der Waals surface area contributed by atoms with Crippen molar-refractivity contribution in [2.75, 3.05) is 20.2 Å². The standard InChI is InChI=1S/C19H21FN2O2/c1-24-18-13-16(6-9-21-18)19(23)22-10-7-14(8-11-22)12-15-4-2-3-5-17(15)20/h2-6,9,13-14H,7-8,10-12H2,1H3. The molecule has 0 spiro atoms. The summed E-state index contributed by atoms with van der Waals surface area (Å²) in [4.78, 5) is 18.4. The number of pyridine rings is 1. The van der Waals surface area contributed by atoms with Gasteiger partial charge in [-0.1, -0.05) is 18.2 Å². The summed E-state index contributed by atoms with van der Waals surface area (Å²) in [6.45, 7) is 1.39. The lowest BCUT2D eigenvalue weighted by Crippen LogP contribution is -2.39. The Labute approximate surface area is 141 Å². The average molecular weight is 328 g/mol. The van der Waals surface area contributed by atoms with Crippen LogP contribution in [0.1, 0.15) is 28.8 Å². The maximum Gasteiger partial charge on any atom is 0.254 e. The van der Waals surface area contributed by atoms with Gasteiger partial charge in [-0.2, -0.15) is 0 Å². The zero-order chi connectivity index (χ0) is 16.9. The summed E-state index contributed by atoms with van der Waals surface area (Å²) in [7, 11) is 1.53. The quantitative estimate of drug-likeness (QED) is 0.864. The van der Waals surface area contributed by atoms with E-state index in [1.165, 1.54) is 13.2 Å². The molecule has 4 nitrogen and oxygen atoms in total. The highest BCUT2D eigenvalue weighted by atomic mass is 19.1. The van der Waals surface area contributed by atoms with E-state index in [1.54, 1.807) is 24.4 Å². The smallest absolute Gasteiger partial charge is 0.254 e. The number of benzene rings is 1. The first-order chi connectivity index (χ1) is 11.7. The number of aromatic nitrogens is 1. The molecule has 1 aliphatic rings. The Morgan fingerprint density at radius 1 is 1.29 bits per heavy atom. The second kappa shape index (κ2) is 7.43. The van der Waals surface area contributed by atoms with E-state index in [0.717, 1.165) is 24.8 Å². The molecule has 3 rings (SSSR count). The summed E-state index contributed by atoms with van der Waals surface area (Å²) in [5.74, 6) is 0.716. The van der Waals surface area contributed by atoms with Crippen LogP contribution in [0.3, 0.4) is 0 Å². The van der Waals surface area contributed by atoms with E-state index in [2.05, 4.69) is 4.98 Å². The number of carbonyl (C=O) groups excluding carboxylic acids is 1. The first-order valence-corrected chi connectivity index (χ1v) is 8.20. The van der Waals surface area contributed by atoms with Gasteiger partial charge in [0, 0.05) is 30.9 Å². The molecule has 0 aliphatic carbocycles. The highest BCUT2D eigenvalue weighted by Gasteiger charge is 2.24. The van der Waals surface area contributed by atoms with Gasteiger partial charge in [0.25, 0.3) is 5.91 Å². The van der Waals surface area contributed by atoms with Gasteiger partial charge in [0.1, 0.15) is 5.82 Å². The van der Waals surface area contributed by atoms with E-state index in [-0.39, 0.29) is 11.7 Å². The lowest BCUT2D eigenvalue weighted by molar-refractivity contribution is 0.0689. The highest BCUT2D eigenvalue weighted by molar-refractivity contribution is 5.94. The Morgan fingerprint density at radius 2 is 2.04 bits per heavy atom. The molecule has 1 saturated heterocycles. The van der Waals surface area contributed by atoms with E-state index in [0.29, 0.717) is 30.5 Å². The summed E-state index contributed by atoms with van der Waals surface area (Å²) in [5, 5.41) is 0. The topological polar surface area (TPSA) is 42.4 Å². The zero-order valence-electron chi connectivity index (χ0n) is 13.7. The monoisotopic (exact) mass is 328 g/mol. The third-order valence-electron chi connectivity index (χ3n) is 4.56. The number of hydrogen-bond acceptors (Lipinski definition) is 3. The fourth-order valence-electron chi connectivity index (χ4n) is 3.15. The van der Waals surface area contributed by atoms with Crippen molar-refractivity contribution < 1.29 is 13.9 Å². The molecule has 0 unspecified atom stereocenters. The number of halogens is 1. The average Bonchev–Trinajstić information content (AvgIpc) is 2.64. The molecule has 126 valence electrons. The van der Waals surface area contributed by atoms with Gasteiger partial charge in [0.15, 0.2) is 0 Å². The fraction of sp³-hybridized carbons (Fsp3) is 0.368. The van der Waals surface area contributed by atoms with Gasteiger partial charge < -0.3 is 9.64 Å². The first-order valence-electron chi connectivity index (χ1n) is 8.20. The summed E-state index contributed by atoms with van der Waals surface area (Å²) < 4.78 is 18.8. The van der Waals surface area contributed by atoms with Gasteiger partial charge >= 0.3 is 0 Å². The Morgan fingerprint density at radius 3 is 2.75 bits per heavy atom. The summed E-state index contributed by atoms with van der Waals surface area (Å²) in [6.07, 6.45) is 4.10. The van der Waals surface area contributed by atoms with Crippen molar-refractivity contribution in [3.05, 3.63) is 59.5 Å². The molecule has 1 aromatic carbocycles. The van der Waals surface area contributed by atoms with Gasteiger partial charge in [-0.25, -0.2) is 9.37 Å². The molecule has 1 amide bonds. The molecule has 0 N–H and O–H groups in total. The third-order valence-corrected chi connectivity index (χ3v) is 4.56. The second-order valence-electron chi connectivity index (χ2n) is 6.12. The summed E-state index contributed by atoms with van der Waals surface area (Å²) in [5.41, 5.74) is 1.36. The van der Waals surface area contributed by atoms with Crippen molar-refractivity contribution in [2.24, 2.45) is 5.92 Å². The highest BCUT2D eigenvalue weighted by Crippen LogP contribution is 2.24.